The summed E-state index contributed by atoms with van der Waals surface area (Å²) in [5.41, 5.74) is 1.45. The zero-order valence-electron chi connectivity index (χ0n) is 17.0. The van der Waals surface area contributed by atoms with Gasteiger partial charge in [0.1, 0.15) is 12.1 Å². The van der Waals surface area contributed by atoms with Crippen molar-refractivity contribution in [2.75, 3.05) is 32.0 Å². The van der Waals surface area contributed by atoms with Crippen LogP contribution in [0.15, 0.2) is 24.5 Å². The van der Waals surface area contributed by atoms with Crippen molar-refractivity contribution < 1.29 is 4.79 Å². The standard InChI is InChI=1S/C22H28N6O/c1-23-17-7-10-20-19(13-17)22(25-15-24-20)26-16-5-8-18(9-6-16)27(2)14-21(29)28-11-3-4-12-28/h7,10,13,15-16,18H,3-6,8-9,11-12,14H2,2H3,(H,24,25,26). The predicted octanol–water partition coefficient (Wildman–Crippen LogP) is 3.46. The zero-order valence-corrected chi connectivity index (χ0v) is 17.0. The van der Waals surface area contributed by atoms with Gasteiger partial charge in [-0.15, -0.1) is 0 Å². The van der Waals surface area contributed by atoms with Crippen molar-refractivity contribution >= 4 is 28.3 Å². The lowest BCUT2D eigenvalue weighted by atomic mass is 9.90. The molecule has 1 saturated carbocycles. The van der Waals surface area contributed by atoms with Crippen molar-refractivity contribution in [2.24, 2.45) is 0 Å². The molecule has 0 spiro atoms. The minimum Gasteiger partial charge on any atom is -0.367 e. The molecule has 0 radical (unpaired) electrons. The Hall–Kier alpha value is -2.72. The summed E-state index contributed by atoms with van der Waals surface area (Å²) in [7, 11) is 2.08. The number of rotatable bonds is 5. The number of hydrogen-bond donors (Lipinski definition) is 1. The number of likely N-dealkylation sites (tertiary alicyclic amines) is 1. The van der Waals surface area contributed by atoms with Crippen LogP contribution in [0.1, 0.15) is 38.5 Å². The summed E-state index contributed by atoms with van der Waals surface area (Å²) in [5, 5.41) is 4.47. The van der Waals surface area contributed by atoms with Gasteiger partial charge in [0.05, 0.1) is 18.6 Å². The predicted molar refractivity (Wildman–Crippen MR) is 114 cm³/mol. The maximum absolute atomic E-state index is 12.4. The average molecular weight is 393 g/mol. The van der Waals surface area contributed by atoms with Gasteiger partial charge in [0.15, 0.2) is 5.69 Å². The van der Waals surface area contributed by atoms with E-state index in [-0.39, 0.29) is 5.91 Å². The molecule has 1 amide bonds. The lowest BCUT2D eigenvalue weighted by Crippen LogP contribution is -2.44. The third-order valence-electron chi connectivity index (χ3n) is 6.25. The van der Waals surface area contributed by atoms with Crippen LogP contribution in [0.2, 0.25) is 0 Å². The SMILES string of the molecule is [C-]#[N+]c1ccc2ncnc(NC3CCC(N(C)CC(=O)N4CCCC4)CC3)c2c1. The number of carbonyl (C=O) groups excluding carboxylic acids is 1. The number of nitrogens with one attached hydrogen (secondary N) is 1. The lowest BCUT2D eigenvalue weighted by molar-refractivity contribution is -0.131. The van der Waals surface area contributed by atoms with Crippen molar-refractivity contribution in [2.45, 2.75) is 50.6 Å². The van der Waals surface area contributed by atoms with Crippen LogP contribution in [0.25, 0.3) is 15.7 Å². The summed E-state index contributed by atoms with van der Waals surface area (Å²) in [6.07, 6.45) is 8.07. The van der Waals surface area contributed by atoms with Crippen molar-refractivity contribution in [1.82, 2.24) is 19.8 Å². The molecule has 1 aromatic carbocycles. The number of aromatic nitrogens is 2. The van der Waals surface area contributed by atoms with E-state index in [9.17, 15) is 4.79 Å². The summed E-state index contributed by atoms with van der Waals surface area (Å²) >= 11 is 0. The molecule has 1 aliphatic carbocycles. The molecule has 152 valence electrons. The summed E-state index contributed by atoms with van der Waals surface area (Å²) < 4.78 is 0. The molecular formula is C22H28N6O. The van der Waals surface area contributed by atoms with E-state index >= 15 is 0 Å². The first kappa shape index (κ1) is 19.6. The second-order valence-electron chi connectivity index (χ2n) is 8.19. The number of fused-ring (bicyclic) bond motifs is 1. The second-order valence-corrected chi connectivity index (χ2v) is 8.19. The quantitative estimate of drug-likeness (QED) is 0.790. The first-order valence-electron chi connectivity index (χ1n) is 10.5. The van der Waals surface area contributed by atoms with E-state index in [4.69, 9.17) is 6.57 Å². The number of amides is 1. The Morgan fingerprint density at radius 2 is 2.00 bits per heavy atom. The molecular weight excluding hydrogens is 364 g/mol. The fraction of sp³-hybridized carbons (Fsp3) is 0.545. The molecule has 1 aromatic heterocycles. The first-order chi connectivity index (χ1) is 14.1. The van der Waals surface area contributed by atoms with Gasteiger partial charge in [-0.05, 0) is 57.7 Å². The van der Waals surface area contributed by atoms with E-state index < -0.39 is 0 Å². The molecule has 1 N–H and O–H groups in total. The molecule has 7 nitrogen and oxygen atoms in total. The molecule has 0 atom stereocenters. The molecule has 2 heterocycles. The van der Waals surface area contributed by atoms with E-state index in [2.05, 4.69) is 32.1 Å². The molecule has 0 bridgehead atoms. The summed E-state index contributed by atoms with van der Waals surface area (Å²) in [5.74, 6) is 1.08. The molecule has 1 saturated heterocycles. The van der Waals surface area contributed by atoms with Crippen LogP contribution >= 0.6 is 0 Å². The Morgan fingerprint density at radius 3 is 2.72 bits per heavy atom. The average Bonchev–Trinajstić information content (AvgIpc) is 3.29. The molecule has 2 aliphatic rings. The Labute approximate surface area is 171 Å². The van der Waals surface area contributed by atoms with Crippen molar-refractivity contribution in [3.63, 3.8) is 0 Å². The van der Waals surface area contributed by atoms with Crippen LogP contribution in [0.3, 0.4) is 0 Å². The molecule has 1 aliphatic heterocycles. The van der Waals surface area contributed by atoms with Gasteiger partial charge < -0.3 is 10.2 Å². The van der Waals surface area contributed by atoms with Crippen molar-refractivity contribution in [1.29, 1.82) is 0 Å². The van der Waals surface area contributed by atoms with Crippen LogP contribution in [-0.2, 0) is 4.79 Å². The van der Waals surface area contributed by atoms with E-state index in [1.165, 1.54) is 0 Å². The molecule has 2 fully saturated rings. The largest absolute Gasteiger partial charge is 0.367 e. The van der Waals surface area contributed by atoms with Gasteiger partial charge in [-0.25, -0.2) is 14.8 Å². The van der Waals surface area contributed by atoms with E-state index in [1.807, 2.05) is 17.0 Å². The number of anilines is 1. The van der Waals surface area contributed by atoms with Crippen LogP contribution in [-0.4, -0.2) is 64.4 Å². The normalized spacial score (nSPS) is 22.0. The molecule has 2 aromatic rings. The number of hydrogen-bond acceptors (Lipinski definition) is 5. The number of carbonyl (C=O) groups is 1. The molecule has 7 heteroatoms. The monoisotopic (exact) mass is 392 g/mol. The van der Waals surface area contributed by atoms with E-state index in [1.54, 1.807) is 12.4 Å². The highest BCUT2D eigenvalue weighted by atomic mass is 16.2. The summed E-state index contributed by atoms with van der Waals surface area (Å²) in [4.78, 5) is 28.9. The van der Waals surface area contributed by atoms with Gasteiger partial charge in [0, 0.05) is 30.6 Å². The minimum absolute atomic E-state index is 0.272. The smallest absolute Gasteiger partial charge is 0.236 e. The van der Waals surface area contributed by atoms with Crippen LogP contribution < -0.4 is 5.32 Å². The summed E-state index contributed by atoms with van der Waals surface area (Å²) in [6.45, 7) is 9.61. The van der Waals surface area contributed by atoms with Gasteiger partial charge in [0.25, 0.3) is 0 Å². The highest BCUT2D eigenvalue weighted by Crippen LogP contribution is 2.29. The molecule has 4 rings (SSSR count). The number of likely N-dealkylation sites (N-methyl/N-ethyl adjacent to an activating group) is 1. The minimum atomic E-state index is 0.272. The lowest BCUT2D eigenvalue weighted by Gasteiger charge is -2.35. The van der Waals surface area contributed by atoms with Gasteiger partial charge in [0.2, 0.25) is 5.91 Å². The van der Waals surface area contributed by atoms with Crippen molar-refractivity contribution in [3.05, 3.63) is 35.9 Å². The Kier molecular flexibility index (Phi) is 5.91. The maximum atomic E-state index is 12.4. The van der Waals surface area contributed by atoms with Gasteiger partial charge in [-0.1, -0.05) is 6.07 Å². The molecule has 0 unspecified atom stereocenters. The fourth-order valence-corrected chi connectivity index (χ4v) is 4.49. The Balaban J connectivity index is 1.34. The van der Waals surface area contributed by atoms with Crippen LogP contribution in [0.5, 0.6) is 0 Å². The number of benzene rings is 1. The summed E-state index contributed by atoms with van der Waals surface area (Å²) in [6, 6.07) is 6.32. The van der Waals surface area contributed by atoms with Gasteiger partial charge in [-0.2, -0.15) is 0 Å². The topological polar surface area (TPSA) is 65.7 Å². The Morgan fingerprint density at radius 1 is 1.24 bits per heavy atom. The Bertz CT molecular complexity index is 909. The fourth-order valence-electron chi connectivity index (χ4n) is 4.49. The van der Waals surface area contributed by atoms with Gasteiger partial charge in [-0.3, -0.25) is 9.69 Å². The van der Waals surface area contributed by atoms with E-state index in [0.717, 1.165) is 68.3 Å². The third kappa shape index (κ3) is 4.48. The highest BCUT2D eigenvalue weighted by molar-refractivity contribution is 5.91. The maximum Gasteiger partial charge on any atom is 0.236 e. The van der Waals surface area contributed by atoms with Crippen LogP contribution in [0.4, 0.5) is 11.5 Å². The highest BCUT2D eigenvalue weighted by Gasteiger charge is 2.27. The molecule has 29 heavy (non-hydrogen) atoms. The van der Waals surface area contributed by atoms with Crippen LogP contribution in [0, 0.1) is 6.57 Å². The van der Waals surface area contributed by atoms with Gasteiger partial charge >= 0.3 is 0 Å². The number of nitrogens with zero attached hydrogens (tertiary/aromatic N) is 5. The van der Waals surface area contributed by atoms with E-state index in [0.29, 0.717) is 24.3 Å². The second kappa shape index (κ2) is 8.75. The first-order valence-corrected chi connectivity index (χ1v) is 10.5. The zero-order chi connectivity index (χ0) is 20.2. The third-order valence-corrected chi connectivity index (χ3v) is 6.25. The van der Waals surface area contributed by atoms with Crippen molar-refractivity contribution in [3.8, 4) is 0 Å².